The van der Waals surface area contributed by atoms with Crippen molar-refractivity contribution in [3.05, 3.63) is 60.2 Å². The summed E-state index contributed by atoms with van der Waals surface area (Å²) in [7, 11) is -2.70. The Kier molecular flexibility index (Phi) is 8.05. The molecule has 1 unspecified atom stereocenters. The van der Waals surface area contributed by atoms with Crippen molar-refractivity contribution in [2.45, 2.75) is 44.2 Å². The van der Waals surface area contributed by atoms with E-state index in [9.17, 15) is 23.5 Å². The van der Waals surface area contributed by atoms with Gasteiger partial charge in [0, 0.05) is 13.0 Å². The molecule has 0 saturated carbocycles. The fourth-order valence-corrected chi connectivity index (χ4v) is 5.47. The first-order valence-electron chi connectivity index (χ1n) is 10.0. The maximum atomic E-state index is 13.7. The highest BCUT2D eigenvalue weighted by Gasteiger charge is 2.49. The van der Waals surface area contributed by atoms with Crippen molar-refractivity contribution in [1.29, 1.82) is 0 Å². The molecule has 0 heterocycles. The fraction of sp³-hybridized carbons (Fsp3) is 0.409. The number of benzene rings is 2. The Morgan fingerprint density at radius 3 is 2.13 bits per heavy atom. The van der Waals surface area contributed by atoms with Crippen molar-refractivity contribution >= 4 is 16.1 Å². The van der Waals surface area contributed by atoms with E-state index in [0.717, 1.165) is 4.31 Å². The van der Waals surface area contributed by atoms with E-state index in [0.29, 0.717) is 11.3 Å². The number of carboxylic acid groups (broad SMARTS) is 1. The van der Waals surface area contributed by atoms with E-state index in [2.05, 4.69) is 0 Å². The van der Waals surface area contributed by atoms with E-state index in [-0.39, 0.29) is 35.3 Å². The van der Waals surface area contributed by atoms with E-state index in [1.54, 1.807) is 31.2 Å². The summed E-state index contributed by atoms with van der Waals surface area (Å²) >= 11 is 0. The lowest BCUT2D eigenvalue weighted by Crippen LogP contribution is -2.64. The Balaban J connectivity index is 2.70. The van der Waals surface area contributed by atoms with Gasteiger partial charge in [0.2, 0.25) is 10.0 Å². The van der Waals surface area contributed by atoms with Crippen LogP contribution >= 0.6 is 0 Å². The van der Waals surface area contributed by atoms with Gasteiger partial charge in [-0.1, -0.05) is 51.1 Å². The van der Waals surface area contributed by atoms with Crippen molar-refractivity contribution in [3.8, 4) is 5.75 Å². The van der Waals surface area contributed by atoms with E-state index in [4.69, 9.17) is 4.74 Å². The first-order valence-corrected chi connectivity index (χ1v) is 11.5. The molecule has 0 aliphatic carbocycles. The number of carbonyl (C=O) groups is 1. The van der Waals surface area contributed by atoms with Crippen molar-refractivity contribution in [2.24, 2.45) is 5.92 Å². The molecule has 0 spiro atoms. The number of hydrogen-bond acceptors (Lipinski definition) is 5. The van der Waals surface area contributed by atoms with Crippen LogP contribution in [-0.2, 0) is 16.4 Å². The average molecular weight is 451 g/mol. The number of sulfonamides is 1. The van der Waals surface area contributed by atoms with Crippen LogP contribution < -0.4 is 4.74 Å². The molecule has 170 valence electrons. The third-order valence-electron chi connectivity index (χ3n) is 5.11. The molecular formula is C22H30N2O6S. The van der Waals surface area contributed by atoms with Gasteiger partial charge in [0.25, 0.3) is 0 Å². The van der Waals surface area contributed by atoms with Gasteiger partial charge in [0.15, 0.2) is 0 Å². The van der Waals surface area contributed by atoms with Crippen LogP contribution in [0.4, 0.5) is 4.79 Å². The highest BCUT2D eigenvalue weighted by Crippen LogP contribution is 2.35. The predicted octanol–water partition coefficient (Wildman–Crippen LogP) is 4.06. The summed E-state index contributed by atoms with van der Waals surface area (Å²) < 4.78 is 33.7. The maximum absolute atomic E-state index is 13.7. The van der Waals surface area contributed by atoms with Crippen LogP contribution in [0.15, 0.2) is 59.5 Å². The molecule has 0 aromatic heterocycles. The number of ether oxygens (including phenoxy) is 1. The average Bonchev–Trinajstić information content (AvgIpc) is 2.76. The van der Waals surface area contributed by atoms with Crippen molar-refractivity contribution in [3.63, 3.8) is 0 Å². The van der Waals surface area contributed by atoms with Gasteiger partial charge in [-0.05, 0) is 42.2 Å². The molecule has 0 saturated heterocycles. The molecule has 0 aliphatic heterocycles. The zero-order valence-corrected chi connectivity index (χ0v) is 19.0. The SMILES string of the molecule is CCC(Cc1ccccc1)(N(O)C(=O)O)N(CC(C)C)S(=O)(=O)c1ccc(OC)cc1. The molecule has 31 heavy (non-hydrogen) atoms. The third kappa shape index (κ3) is 5.36. The summed E-state index contributed by atoms with van der Waals surface area (Å²) in [5, 5.41) is 20.5. The number of rotatable bonds is 10. The summed E-state index contributed by atoms with van der Waals surface area (Å²) in [5.41, 5.74) is -1.04. The zero-order valence-electron chi connectivity index (χ0n) is 18.2. The molecule has 2 N–H and O–H groups in total. The van der Waals surface area contributed by atoms with Gasteiger partial charge in [-0.25, -0.2) is 13.2 Å². The molecule has 0 bridgehead atoms. The number of methoxy groups -OCH3 is 1. The topological polar surface area (TPSA) is 107 Å². The normalized spacial score (nSPS) is 13.8. The van der Waals surface area contributed by atoms with Crippen LogP contribution in [-0.4, -0.2) is 53.5 Å². The van der Waals surface area contributed by atoms with Crippen LogP contribution in [0, 0.1) is 5.92 Å². The van der Waals surface area contributed by atoms with Crippen LogP contribution in [0.1, 0.15) is 32.8 Å². The Hall–Kier alpha value is -2.62. The van der Waals surface area contributed by atoms with Crippen LogP contribution in [0.2, 0.25) is 0 Å². The lowest BCUT2D eigenvalue weighted by molar-refractivity contribution is -0.183. The van der Waals surface area contributed by atoms with Crippen LogP contribution in [0.25, 0.3) is 0 Å². The highest BCUT2D eigenvalue weighted by atomic mass is 32.2. The largest absolute Gasteiger partial charge is 0.497 e. The smallest absolute Gasteiger partial charge is 0.433 e. The lowest BCUT2D eigenvalue weighted by atomic mass is 9.95. The number of amides is 1. The summed E-state index contributed by atoms with van der Waals surface area (Å²) in [5.74, 6) is 0.367. The molecule has 0 radical (unpaired) electrons. The molecule has 0 fully saturated rings. The molecular weight excluding hydrogens is 420 g/mol. The molecule has 8 nitrogen and oxygen atoms in total. The molecule has 2 rings (SSSR count). The van der Waals surface area contributed by atoms with Gasteiger partial charge >= 0.3 is 6.09 Å². The Bertz CT molecular complexity index is 963. The first-order chi connectivity index (χ1) is 14.6. The van der Waals surface area contributed by atoms with Gasteiger partial charge < -0.3 is 9.84 Å². The number of nitrogens with zero attached hydrogens (tertiary/aromatic N) is 2. The molecule has 0 aliphatic rings. The van der Waals surface area contributed by atoms with Gasteiger partial charge in [0.05, 0.1) is 12.0 Å². The minimum Gasteiger partial charge on any atom is -0.497 e. The maximum Gasteiger partial charge on any atom is 0.433 e. The predicted molar refractivity (Wildman–Crippen MR) is 117 cm³/mol. The quantitative estimate of drug-likeness (QED) is 0.321. The second-order valence-corrected chi connectivity index (χ2v) is 9.56. The van der Waals surface area contributed by atoms with Gasteiger partial charge in [-0.2, -0.15) is 9.37 Å². The Morgan fingerprint density at radius 1 is 1.10 bits per heavy atom. The van der Waals surface area contributed by atoms with Crippen LogP contribution in [0.5, 0.6) is 5.75 Å². The van der Waals surface area contributed by atoms with E-state index in [1.807, 2.05) is 19.9 Å². The standard InChI is InChI=1S/C22H30N2O6S/c1-5-22(24(27)21(25)26,15-18-9-7-6-8-10-18)23(16-17(2)3)31(28,29)20-13-11-19(30-4)12-14-20/h6-14,17,27H,5,15-16H2,1-4H3,(H,25,26). The Labute approximate surface area is 183 Å². The first kappa shape index (κ1) is 24.6. The van der Waals surface area contributed by atoms with E-state index >= 15 is 0 Å². The Morgan fingerprint density at radius 2 is 1.68 bits per heavy atom. The fourth-order valence-electron chi connectivity index (χ4n) is 3.52. The summed E-state index contributed by atoms with van der Waals surface area (Å²) in [6.45, 7) is 5.34. The minimum atomic E-state index is -4.18. The second-order valence-electron chi connectivity index (χ2n) is 7.70. The minimum absolute atomic E-state index is 0.0133. The number of hydroxylamine groups is 2. The molecule has 1 amide bonds. The van der Waals surface area contributed by atoms with E-state index < -0.39 is 21.8 Å². The van der Waals surface area contributed by atoms with Gasteiger partial charge in [-0.3, -0.25) is 5.21 Å². The second kappa shape index (κ2) is 10.1. The van der Waals surface area contributed by atoms with Gasteiger partial charge in [0.1, 0.15) is 11.4 Å². The van der Waals surface area contributed by atoms with E-state index in [1.165, 1.54) is 31.4 Å². The molecule has 9 heteroatoms. The summed E-state index contributed by atoms with van der Waals surface area (Å²) in [4.78, 5) is 11.9. The van der Waals surface area contributed by atoms with Gasteiger partial charge in [-0.15, -0.1) is 0 Å². The molecule has 2 aromatic carbocycles. The third-order valence-corrected chi connectivity index (χ3v) is 7.05. The van der Waals surface area contributed by atoms with Crippen molar-refractivity contribution in [1.82, 2.24) is 9.37 Å². The highest BCUT2D eigenvalue weighted by molar-refractivity contribution is 7.89. The zero-order chi connectivity index (χ0) is 23.2. The lowest BCUT2D eigenvalue weighted by Gasteiger charge is -2.46. The monoisotopic (exact) mass is 450 g/mol. The number of hydrogen-bond donors (Lipinski definition) is 2. The summed E-state index contributed by atoms with van der Waals surface area (Å²) in [6, 6.07) is 14.8. The molecule has 2 aromatic rings. The van der Waals surface area contributed by atoms with Crippen LogP contribution in [0.3, 0.4) is 0 Å². The summed E-state index contributed by atoms with van der Waals surface area (Å²) in [6.07, 6.45) is -1.61. The van der Waals surface area contributed by atoms with Crippen molar-refractivity contribution < 1.29 is 28.3 Å². The van der Waals surface area contributed by atoms with Crippen molar-refractivity contribution in [2.75, 3.05) is 13.7 Å². The molecule has 1 atom stereocenters.